The molecule has 1 spiro atoms. The van der Waals surface area contributed by atoms with Crippen LogP contribution in [0.15, 0.2) is 36.5 Å². The smallest absolute Gasteiger partial charge is 0.230 e. The fraction of sp³-hybridized carbons (Fsp3) is 0.545. The summed E-state index contributed by atoms with van der Waals surface area (Å²) >= 11 is 0. The van der Waals surface area contributed by atoms with Crippen LogP contribution in [0.25, 0.3) is 5.69 Å². The van der Waals surface area contributed by atoms with Crippen LogP contribution in [0.4, 0.5) is 0 Å². The third-order valence-electron chi connectivity index (χ3n) is 7.34. The lowest BCUT2D eigenvalue weighted by Gasteiger charge is -2.43. The molecule has 3 fully saturated rings. The SMILES string of the molecule is Cl.O=C(N1CCC2(CC1)OCCc1cn(-c3ccccc3)nc12)[C@@]12CNC[C@@H]1C2. The number of hydrogen-bond donors (Lipinski definition) is 1. The molecular weight excluding hydrogens is 388 g/mol. The Labute approximate surface area is 177 Å². The van der Waals surface area contributed by atoms with Crippen molar-refractivity contribution in [2.75, 3.05) is 32.8 Å². The van der Waals surface area contributed by atoms with Gasteiger partial charge in [0.15, 0.2) is 0 Å². The molecular formula is C22H27ClN4O2. The molecule has 6 nitrogen and oxygen atoms in total. The van der Waals surface area contributed by atoms with E-state index in [0.29, 0.717) is 11.8 Å². The predicted octanol–water partition coefficient (Wildman–Crippen LogP) is 2.29. The first-order chi connectivity index (χ1) is 13.7. The number of nitrogens with zero attached hydrogens (tertiary/aromatic N) is 3. The number of benzene rings is 1. The molecule has 1 aliphatic carbocycles. The Morgan fingerprint density at radius 2 is 2.00 bits per heavy atom. The molecule has 4 heterocycles. The molecule has 2 saturated heterocycles. The minimum Gasteiger partial charge on any atom is -0.368 e. The molecule has 3 aliphatic heterocycles. The highest BCUT2D eigenvalue weighted by atomic mass is 35.5. The van der Waals surface area contributed by atoms with Crippen molar-refractivity contribution in [1.29, 1.82) is 0 Å². The van der Waals surface area contributed by atoms with E-state index in [1.807, 2.05) is 22.9 Å². The van der Waals surface area contributed by atoms with Crippen molar-refractivity contribution < 1.29 is 9.53 Å². The van der Waals surface area contributed by atoms with Crippen LogP contribution in [0.1, 0.15) is 30.5 Å². The van der Waals surface area contributed by atoms with Crippen molar-refractivity contribution in [3.05, 3.63) is 47.8 Å². The number of carbonyl (C=O) groups is 1. The van der Waals surface area contributed by atoms with Gasteiger partial charge in [0.2, 0.25) is 5.91 Å². The van der Waals surface area contributed by atoms with Gasteiger partial charge in [0.1, 0.15) is 5.60 Å². The summed E-state index contributed by atoms with van der Waals surface area (Å²) in [5.74, 6) is 0.929. The van der Waals surface area contributed by atoms with Crippen LogP contribution in [0.2, 0.25) is 0 Å². The molecule has 1 aromatic heterocycles. The molecule has 1 saturated carbocycles. The number of likely N-dealkylation sites (tertiary alicyclic amines) is 1. The predicted molar refractivity (Wildman–Crippen MR) is 111 cm³/mol. The number of hydrogen-bond acceptors (Lipinski definition) is 4. The number of nitrogens with one attached hydrogen (secondary N) is 1. The van der Waals surface area contributed by atoms with Crippen LogP contribution in [-0.2, 0) is 21.6 Å². The van der Waals surface area contributed by atoms with Gasteiger partial charge in [0.05, 0.1) is 23.4 Å². The molecule has 29 heavy (non-hydrogen) atoms. The second-order valence-corrected chi connectivity index (χ2v) is 8.86. The van der Waals surface area contributed by atoms with E-state index in [2.05, 4.69) is 28.5 Å². The van der Waals surface area contributed by atoms with Gasteiger partial charge in [-0.25, -0.2) is 4.68 Å². The number of ether oxygens (including phenoxy) is 1. The van der Waals surface area contributed by atoms with E-state index in [-0.39, 0.29) is 23.4 Å². The summed E-state index contributed by atoms with van der Waals surface area (Å²) in [5, 5.41) is 8.33. The Morgan fingerprint density at radius 1 is 1.21 bits per heavy atom. The summed E-state index contributed by atoms with van der Waals surface area (Å²) in [6.45, 7) is 4.14. The number of carbonyl (C=O) groups excluding carboxylic acids is 1. The molecule has 1 amide bonds. The summed E-state index contributed by atoms with van der Waals surface area (Å²) in [4.78, 5) is 15.2. The topological polar surface area (TPSA) is 59.4 Å². The highest BCUT2D eigenvalue weighted by Crippen LogP contribution is 2.56. The lowest BCUT2D eigenvalue weighted by atomic mass is 9.83. The number of piperidine rings is 2. The molecule has 2 aromatic rings. The number of fused-ring (bicyclic) bond motifs is 3. The lowest BCUT2D eigenvalue weighted by Crippen LogP contribution is -2.50. The second kappa shape index (κ2) is 6.83. The van der Waals surface area contributed by atoms with Crippen LogP contribution in [0, 0.1) is 11.3 Å². The first-order valence-electron chi connectivity index (χ1n) is 10.5. The first-order valence-corrected chi connectivity index (χ1v) is 10.5. The van der Waals surface area contributed by atoms with Gasteiger partial charge in [-0.15, -0.1) is 12.4 Å². The van der Waals surface area contributed by atoms with E-state index in [4.69, 9.17) is 9.84 Å². The van der Waals surface area contributed by atoms with Gasteiger partial charge >= 0.3 is 0 Å². The number of aromatic nitrogens is 2. The maximum atomic E-state index is 13.1. The van der Waals surface area contributed by atoms with Crippen LogP contribution in [0.3, 0.4) is 0 Å². The zero-order valence-corrected chi connectivity index (χ0v) is 17.3. The average molecular weight is 415 g/mol. The molecule has 0 radical (unpaired) electrons. The normalized spacial score (nSPS) is 29.1. The number of amides is 1. The van der Waals surface area contributed by atoms with Gasteiger partial charge in [0.25, 0.3) is 0 Å². The largest absolute Gasteiger partial charge is 0.368 e. The van der Waals surface area contributed by atoms with Crippen LogP contribution < -0.4 is 5.32 Å². The zero-order valence-electron chi connectivity index (χ0n) is 16.5. The summed E-state index contributed by atoms with van der Waals surface area (Å²) in [6, 6.07) is 10.3. The van der Waals surface area contributed by atoms with Crippen molar-refractivity contribution >= 4 is 18.3 Å². The molecule has 0 bridgehead atoms. The lowest BCUT2D eigenvalue weighted by molar-refractivity contribution is -0.146. The zero-order chi connectivity index (χ0) is 18.8. The molecule has 0 unspecified atom stereocenters. The number of halogens is 1. The standard InChI is InChI=1S/C22H26N4O2.ClH/c27-20(21-12-17(21)13-23-15-21)25-9-7-22(8-10-25)19-16(6-11-28-22)14-26(24-19)18-4-2-1-3-5-18;/h1-5,14,17,23H,6-13,15H2;1H/t17-,21-;/m0./s1. The molecule has 7 heteroatoms. The van der Waals surface area contributed by atoms with E-state index in [9.17, 15) is 4.79 Å². The molecule has 154 valence electrons. The van der Waals surface area contributed by atoms with E-state index < -0.39 is 0 Å². The third kappa shape index (κ3) is 2.84. The van der Waals surface area contributed by atoms with Crippen LogP contribution in [-0.4, -0.2) is 53.4 Å². The average Bonchev–Trinajstić information content (AvgIpc) is 3.09. The van der Waals surface area contributed by atoms with Gasteiger partial charge in [-0.05, 0) is 55.8 Å². The summed E-state index contributed by atoms with van der Waals surface area (Å²) in [5.41, 5.74) is 3.03. The Balaban J connectivity index is 0.00000181. The Morgan fingerprint density at radius 3 is 2.69 bits per heavy atom. The minimum atomic E-state index is -0.334. The third-order valence-corrected chi connectivity index (χ3v) is 7.34. The fourth-order valence-electron chi connectivity index (χ4n) is 5.55. The second-order valence-electron chi connectivity index (χ2n) is 8.86. The van der Waals surface area contributed by atoms with E-state index in [1.54, 1.807) is 0 Å². The Kier molecular flexibility index (Phi) is 4.49. The van der Waals surface area contributed by atoms with Gasteiger partial charge in [0, 0.05) is 25.8 Å². The van der Waals surface area contributed by atoms with E-state index in [0.717, 1.165) is 69.9 Å². The molecule has 1 N–H and O–H groups in total. The van der Waals surface area contributed by atoms with Gasteiger partial charge < -0.3 is 15.0 Å². The molecule has 1 aromatic carbocycles. The molecule has 2 atom stereocenters. The van der Waals surface area contributed by atoms with Crippen molar-refractivity contribution in [3.63, 3.8) is 0 Å². The van der Waals surface area contributed by atoms with Gasteiger partial charge in [-0.1, -0.05) is 18.2 Å². The number of rotatable bonds is 2. The van der Waals surface area contributed by atoms with E-state index in [1.165, 1.54) is 5.56 Å². The summed E-state index contributed by atoms with van der Waals surface area (Å²) < 4.78 is 8.33. The fourth-order valence-corrected chi connectivity index (χ4v) is 5.55. The highest BCUT2D eigenvalue weighted by molar-refractivity contribution is 5.87. The van der Waals surface area contributed by atoms with Gasteiger partial charge in [-0.2, -0.15) is 5.10 Å². The molecule has 6 rings (SSSR count). The maximum Gasteiger partial charge on any atom is 0.230 e. The minimum absolute atomic E-state index is 0. The van der Waals surface area contributed by atoms with Crippen LogP contribution >= 0.6 is 12.4 Å². The Hall–Kier alpha value is -1.89. The maximum absolute atomic E-state index is 13.1. The van der Waals surface area contributed by atoms with Crippen molar-refractivity contribution in [2.24, 2.45) is 11.3 Å². The van der Waals surface area contributed by atoms with E-state index >= 15 is 0 Å². The van der Waals surface area contributed by atoms with Crippen molar-refractivity contribution in [2.45, 2.75) is 31.3 Å². The van der Waals surface area contributed by atoms with Crippen molar-refractivity contribution in [1.82, 2.24) is 20.0 Å². The number of para-hydroxylation sites is 1. The Bertz CT molecular complexity index is 922. The first kappa shape index (κ1) is 19.1. The molecule has 4 aliphatic rings. The van der Waals surface area contributed by atoms with Crippen molar-refractivity contribution in [3.8, 4) is 5.69 Å². The monoisotopic (exact) mass is 414 g/mol. The van der Waals surface area contributed by atoms with Gasteiger partial charge in [-0.3, -0.25) is 4.79 Å². The summed E-state index contributed by atoms with van der Waals surface area (Å²) in [7, 11) is 0. The quantitative estimate of drug-likeness (QED) is 0.819. The summed E-state index contributed by atoms with van der Waals surface area (Å²) in [6.07, 6.45) is 5.81. The van der Waals surface area contributed by atoms with Crippen LogP contribution in [0.5, 0.6) is 0 Å². The highest BCUT2D eigenvalue weighted by Gasteiger charge is 2.63.